The van der Waals surface area contributed by atoms with Gasteiger partial charge in [0.2, 0.25) is 0 Å². The molecule has 0 bridgehead atoms. The van der Waals surface area contributed by atoms with Gasteiger partial charge in [0, 0.05) is 8.04 Å². The number of aromatic nitrogens is 1. The van der Waals surface area contributed by atoms with Gasteiger partial charge in [-0.25, -0.2) is 9.78 Å². The fourth-order valence-corrected chi connectivity index (χ4v) is 2.98. The molecule has 2 rings (SSSR count). The second-order valence-electron chi connectivity index (χ2n) is 3.88. The Morgan fingerprint density at radius 1 is 1.37 bits per heavy atom. The minimum atomic E-state index is -0.966. The molecule has 0 aliphatic heterocycles. The molecule has 0 radical (unpaired) electrons. The smallest absolute Gasteiger partial charge is 0.337 e. The van der Waals surface area contributed by atoms with Gasteiger partial charge in [-0.3, -0.25) is 0 Å². The highest BCUT2D eigenvalue weighted by Gasteiger charge is 2.09. The Morgan fingerprint density at radius 3 is 2.68 bits per heavy atom. The molecule has 4 nitrogen and oxygen atoms in total. The highest BCUT2D eigenvalue weighted by molar-refractivity contribution is 14.1. The summed E-state index contributed by atoms with van der Waals surface area (Å²) in [6, 6.07) is 9.11. The molecule has 98 valence electrons. The maximum atomic E-state index is 10.9. The number of rotatable bonds is 3. The zero-order valence-corrected chi connectivity index (χ0v) is 13.7. The summed E-state index contributed by atoms with van der Waals surface area (Å²) < 4.78 is 2.06. The second-order valence-corrected chi connectivity index (χ2v) is 5.98. The molecule has 6 heteroatoms. The highest BCUT2D eigenvalue weighted by atomic mass is 127. The maximum Gasteiger partial charge on any atom is 0.337 e. The van der Waals surface area contributed by atoms with E-state index < -0.39 is 5.97 Å². The van der Waals surface area contributed by atoms with E-state index in [4.69, 9.17) is 5.11 Å². The summed E-state index contributed by atoms with van der Waals surface area (Å²) in [4.78, 5) is 15.2. The van der Waals surface area contributed by atoms with Crippen LogP contribution in [0.3, 0.4) is 0 Å². The van der Waals surface area contributed by atoms with Gasteiger partial charge in [-0.05, 0) is 75.8 Å². The first-order valence-corrected chi connectivity index (χ1v) is 7.27. The highest BCUT2D eigenvalue weighted by Crippen LogP contribution is 2.27. The van der Waals surface area contributed by atoms with E-state index in [1.807, 2.05) is 18.2 Å². The Kier molecular flexibility index (Phi) is 4.41. The molecule has 0 saturated heterocycles. The number of benzene rings is 1. The third-order valence-electron chi connectivity index (χ3n) is 2.51. The third kappa shape index (κ3) is 3.44. The van der Waals surface area contributed by atoms with Crippen LogP contribution in [0.4, 0.5) is 11.5 Å². The fraction of sp³-hybridized carbons (Fsp3) is 0.0769. The molecule has 0 spiro atoms. The van der Waals surface area contributed by atoms with E-state index in [0.717, 1.165) is 13.7 Å². The van der Waals surface area contributed by atoms with Crippen LogP contribution in [0.2, 0.25) is 0 Å². The van der Waals surface area contributed by atoms with E-state index in [2.05, 4.69) is 48.8 Å². The predicted octanol–water partition coefficient (Wildman–Crippen LogP) is 4.20. The van der Waals surface area contributed by atoms with Gasteiger partial charge in [0.15, 0.2) is 0 Å². The van der Waals surface area contributed by atoms with Crippen molar-refractivity contribution >= 4 is 56.0 Å². The lowest BCUT2D eigenvalue weighted by atomic mass is 10.2. The number of carboxylic acids is 1. The van der Waals surface area contributed by atoms with E-state index in [1.165, 1.54) is 0 Å². The first kappa shape index (κ1) is 14.3. The Hall–Kier alpha value is -1.15. The number of nitrogens with zero attached hydrogens (tertiary/aromatic N) is 1. The van der Waals surface area contributed by atoms with Crippen molar-refractivity contribution in [3.8, 4) is 0 Å². The van der Waals surface area contributed by atoms with E-state index in [1.54, 1.807) is 19.1 Å². The molecule has 0 amide bonds. The molecule has 0 unspecified atom stereocenters. The third-order valence-corrected chi connectivity index (χ3v) is 3.84. The van der Waals surface area contributed by atoms with Gasteiger partial charge in [0.1, 0.15) is 5.82 Å². The summed E-state index contributed by atoms with van der Waals surface area (Å²) >= 11 is 5.70. The Labute approximate surface area is 132 Å². The van der Waals surface area contributed by atoms with Crippen molar-refractivity contribution in [3.63, 3.8) is 0 Å². The van der Waals surface area contributed by atoms with Gasteiger partial charge >= 0.3 is 5.97 Å². The molecule has 1 aromatic heterocycles. The minimum Gasteiger partial charge on any atom is -0.478 e. The van der Waals surface area contributed by atoms with Crippen LogP contribution in [-0.2, 0) is 0 Å². The molecule has 2 aromatic rings. The SMILES string of the molecule is Cc1nc(Nc2ccc(I)cc2Br)ccc1C(=O)O. The van der Waals surface area contributed by atoms with Crippen LogP contribution in [0, 0.1) is 10.5 Å². The van der Waals surface area contributed by atoms with Crippen molar-refractivity contribution in [1.82, 2.24) is 4.98 Å². The summed E-state index contributed by atoms with van der Waals surface area (Å²) in [5, 5.41) is 12.1. The van der Waals surface area contributed by atoms with Crippen LogP contribution < -0.4 is 5.32 Å². The van der Waals surface area contributed by atoms with E-state index in [-0.39, 0.29) is 5.56 Å². The lowest BCUT2D eigenvalue weighted by Gasteiger charge is -2.09. The zero-order chi connectivity index (χ0) is 14.0. The predicted molar refractivity (Wildman–Crippen MR) is 86.1 cm³/mol. The standard InChI is InChI=1S/C13H10BrIN2O2/c1-7-9(13(18)19)3-5-12(16-7)17-11-4-2-8(15)6-10(11)14/h2-6H,1H3,(H,16,17)(H,18,19). The van der Waals surface area contributed by atoms with Gasteiger partial charge in [0.25, 0.3) is 0 Å². The molecule has 1 aromatic carbocycles. The fourth-order valence-electron chi connectivity index (χ4n) is 1.59. The zero-order valence-electron chi connectivity index (χ0n) is 9.95. The van der Waals surface area contributed by atoms with Crippen molar-refractivity contribution in [3.05, 3.63) is 49.6 Å². The molecule has 0 atom stereocenters. The molecule has 19 heavy (non-hydrogen) atoms. The second kappa shape index (κ2) is 5.87. The van der Waals surface area contributed by atoms with Crippen LogP contribution in [0.15, 0.2) is 34.8 Å². The van der Waals surface area contributed by atoms with Gasteiger partial charge in [-0.2, -0.15) is 0 Å². The Balaban J connectivity index is 2.29. The van der Waals surface area contributed by atoms with Crippen LogP contribution in [0.5, 0.6) is 0 Å². The number of carboxylic acid groups (broad SMARTS) is 1. The lowest BCUT2D eigenvalue weighted by molar-refractivity contribution is 0.0695. The number of anilines is 2. The number of nitrogens with one attached hydrogen (secondary N) is 1. The van der Waals surface area contributed by atoms with Crippen LogP contribution >= 0.6 is 38.5 Å². The van der Waals surface area contributed by atoms with Gasteiger partial charge in [-0.1, -0.05) is 0 Å². The van der Waals surface area contributed by atoms with Crippen molar-refractivity contribution in [1.29, 1.82) is 0 Å². The number of hydrogen-bond donors (Lipinski definition) is 2. The summed E-state index contributed by atoms with van der Waals surface area (Å²) in [6.45, 7) is 1.68. The monoisotopic (exact) mass is 432 g/mol. The van der Waals surface area contributed by atoms with E-state index in [0.29, 0.717) is 11.5 Å². The Morgan fingerprint density at radius 2 is 2.11 bits per heavy atom. The number of pyridine rings is 1. The number of hydrogen-bond acceptors (Lipinski definition) is 3. The molecular weight excluding hydrogens is 423 g/mol. The lowest BCUT2D eigenvalue weighted by Crippen LogP contribution is -2.03. The first-order valence-electron chi connectivity index (χ1n) is 5.40. The minimum absolute atomic E-state index is 0.215. The van der Waals surface area contributed by atoms with Gasteiger partial charge in [-0.15, -0.1) is 0 Å². The number of halogens is 2. The van der Waals surface area contributed by atoms with Crippen LogP contribution in [0.25, 0.3) is 0 Å². The van der Waals surface area contributed by atoms with E-state index in [9.17, 15) is 4.79 Å². The Bertz CT molecular complexity index is 647. The summed E-state index contributed by atoms with van der Waals surface area (Å²) in [5.41, 5.74) is 1.58. The van der Waals surface area contributed by atoms with E-state index >= 15 is 0 Å². The van der Waals surface area contributed by atoms with Crippen LogP contribution in [0.1, 0.15) is 16.1 Å². The summed E-state index contributed by atoms with van der Waals surface area (Å²) in [6.07, 6.45) is 0. The van der Waals surface area contributed by atoms with Crippen LogP contribution in [-0.4, -0.2) is 16.1 Å². The largest absolute Gasteiger partial charge is 0.478 e. The first-order chi connectivity index (χ1) is 8.97. The molecule has 1 heterocycles. The molecule has 0 saturated carbocycles. The van der Waals surface area contributed by atoms with Crippen molar-refractivity contribution in [2.75, 3.05) is 5.32 Å². The number of aromatic carboxylic acids is 1. The molecule has 0 aliphatic carbocycles. The number of carbonyl (C=O) groups is 1. The topological polar surface area (TPSA) is 62.2 Å². The molecule has 0 aliphatic rings. The quantitative estimate of drug-likeness (QED) is 0.713. The average Bonchev–Trinajstić information content (AvgIpc) is 2.32. The van der Waals surface area contributed by atoms with Crippen molar-refractivity contribution in [2.24, 2.45) is 0 Å². The maximum absolute atomic E-state index is 10.9. The average molecular weight is 433 g/mol. The summed E-state index contributed by atoms with van der Waals surface area (Å²) in [7, 11) is 0. The summed E-state index contributed by atoms with van der Waals surface area (Å²) in [5.74, 6) is -0.351. The molecule has 2 N–H and O–H groups in total. The van der Waals surface area contributed by atoms with Gasteiger partial charge < -0.3 is 10.4 Å². The number of aryl methyl sites for hydroxylation is 1. The molecule has 0 fully saturated rings. The van der Waals surface area contributed by atoms with Gasteiger partial charge in [0.05, 0.1) is 16.9 Å². The van der Waals surface area contributed by atoms with Crippen molar-refractivity contribution < 1.29 is 9.90 Å². The van der Waals surface area contributed by atoms with Crippen molar-refractivity contribution in [2.45, 2.75) is 6.92 Å². The normalized spacial score (nSPS) is 10.3. The molecular formula is C13H10BrIN2O2.